The van der Waals surface area contributed by atoms with E-state index in [4.69, 9.17) is 0 Å². The van der Waals surface area contributed by atoms with Crippen LogP contribution in [0.5, 0.6) is 0 Å². The van der Waals surface area contributed by atoms with Crippen molar-refractivity contribution >= 4 is 5.91 Å². The molecule has 0 unspecified atom stereocenters. The Hall–Kier alpha value is -2.03. The van der Waals surface area contributed by atoms with Crippen LogP contribution in [0, 0.1) is 12.8 Å². The molecule has 0 bridgehead atoms. The number of nitrogens with zero attached hydrogens (tertiary/aromatic N) is 2. The fraction of sp³-hybridized carbons (Fsp3) is 0.542. The van der Waals surface area contributed by atoms with Gasteiger partial charge < -0.3 is 9.47 Å². The Balaban J connectivity index is 1.77. The van der Waals surface area contributed by atoms with Crippen LogP contribution >= 0.6 is 0 Å². The Kier molecular flexibility index (Phi) is 6.76. The zero-order valence-corrected chi connectivity index (χ0v) is 17.2. The molecule has 1 amide bonds. The van der Waals surface area contributed by atoms with Crippen LogP contribution < -0.4 is 0 Å². The molecule has 0 N–H and O–H groups in total. The number of hydrogen-bond acceptors (Lipinski definition) is 1. The van der Waals surface area contributed by atoms with Gasteiger partial charge in [-0.15, -0.1) is 0 Å². The highest BCUT2D eigenvalue weighted by molar-refractivity contribution is 5.76. The Labute approximate surface area is 164 Å². The lowest BCUT2D eigenvalue weighted by atomic mass is 9.93. The second-order valence-corrected chi connectivity index (χ2v) is 8.53. The summed E-state index contributed by atoms with van der Waals surface area (Å²) in [4.78, 5) is 15.2. The number of aryl methyl sites for hydroxylation is 1. The van der Waals surface area contributed by atoms with E-state index in [1.807, 2.05) is 0 Å². The molecule has 0 aliphatic heterocycles. The number of hydrogen-bond donors (Lipinski definition) is 0. The smallest absolute Gasteiger partial charge is 0.223 e. The summed E-state index contributed by atoms with van der Waals surface area (Å²) >= 11 is 0. The minimum absolute atomic E-state index is 0.320. The van der Waals surface area contributed by atoms with Crippen LogP contribution in [0.4, 0.5) is 0 Å². The van der Waals surface area contributed by atoms with E-state index < -0.39 is 0 Å². The number of rotatable bonds is 7. The molecule has 0 radical (unpaired) electrons. The Morgan fingerprint density at radius 2 is 1.93 bits per heavy atom. The van der Waals surface area contributed by atoms with Gasteiger partial charge in [0.25, 0.3) is 0 Å². The van der Waals surface area contributed by atoms with Gasteiger partial charge in [-0.1, -0.05) is 62.9 Å². The molecule has 1 aliphatic carbocycles. The monoisotopic (exact) mass is 366 g/mol. The maximum absolute atomic E-state index is 13.0. The normalized spacial score (nSPS) is 15.3. The van der Waals surface area contributed by atoms with Crippen molar-refractivity contribution in [2.75, 3.05) is 0 Å². The predicted octanol–water partition coefficient (Wildman–Crippen LogP) is 5.55. The van der Waals surface area contributed by atoms with Gasteiger partial charge in [-0.05, 0) is 43.4 Å². The van der Waals surface area contributed by atoms with Gasteiger partial charge >= 0.3 is 0 Å². The van der Waals surface area contributed by atoms with Crippen molar-refractivity contribution in [2.24, 2.45) is 5.92 Å². The zero-order valence-electron chi connectivity index (χ0n) is 17.2. The third-order valence-corrected chi connectivity index (χ3v) is 5.61. The number of benzene rings is 1. The first-order valence-corrected chi connectivity index (χ1v) is 10.5. The number of carbonyl (C=O) groups excluding carboxylic acids is 1. The van der Waals surface area contributed by atoms with Gasteiger partial charge in [0.05, 0.1) is 6.54 Å². The fourth-order valence-corrected chi connectivity index (χ4v) is 4.21. The lowest BCUT2D eigenvalue weighted by molar-refractivity contribution is -0.135. The van der Waals surface area contributed by atoms with E-state index in [2.05, 4.69) is 72.8 Å². The molecule has 3 rings (SSSR count). The lowest BCUT2D eigenvalue weighted by Gasteiger charge is -2.35. The zero-order chi connectivity index (χ0) is 19.2. The summed E-state index contributed by atoms with van der Waals surface area (Å²) in [5.41, 5.74) is 3.83. The molecular formula is C24H34N2O. The highest BCUT2D eigenvalue weighted by Crippen LogP contribution is 2.26. The van der Waals surface area contributed by atoms with Crippen molar-refractivity contribution in [1.82, 2.24) is 9.47 Å². The van der Waals surface area contributed by atoms with E-state index >= 15 is 0 Å². The average molecular weight is 367 g/mol. The summed E-state index contributed by atoms with van der Waals surface area (Å²) in [5.74, 6) is 0.725. The Bertz CT molecular complexity index is 740. The van der Waals surface area contributed by atoms with Crippen LogP contribution in [0.15, 0.2) is 42.6 Å². The van der Waals surface area contributed by atoms with Crippen LogP contribution in [0.3, 0.4) is 0 Å². The summed E-state index contributed by atoms with van der Waals surface area (Å²) in [7, 11) is 0. The van der Waals surface area contributed by atoms with E-state index in [0.29, 0.717) is 24.3 Å². The largest absolute Gasteiger partial charge is 0.345 e. The molecule has 0 saturated heterocycles. The van der Waals surface area contributed by atoms with Crippen molar-refractivity contribution in [3.63, 3.8) is 0 Å². The van der Waals surface area contributed by atoms with E-state index in [1.54, 1.807) is 0 Å². The predicted molar refractivity (Wildman–Crippen MR) is 112 cm³/mol. The molecule has 1 aromatic heterocycles. The number of aromatic nitrogens is 1. The third kappa shape index (κ3) is 5.47. The van der Waals surface area contributed by atoms with Gasteiger partial charge in [-0.2, -0.15) is 0 Å². The van der Waals surface area contributed by atoms with E-state index in [1.165, 1.54) is 36.1 Å². The average Bonchev–Trinajstić information content (AvgIpc) is 3.06. The third-order valence-electron chi connectivity index (χ3n) is 5.61. The highest BCUT2D eigenvalue weighted by Gasteiger charge is 2.26. The molecule has 1 aromatic carbocycles. The molecule has 1 aliphatic rings. The first-order valence-electron chi connectivity index (χ1n) is 10.5. The minimum Gasteiger partial charge on any atom is -0.345 e. The Morgan fingerprint density at radius 3 is 2.63 bits per heavy atom. The van der Waals surface area contributed by atoms with E-state index in [-0.39, 0.29) is 0 Å². The van der Waals surface area contributed by atoms with Gasteiger partial charge in [0.2, 0.25) is 5.91 Å². The molecule has 0 atom stereocenters. The van der Waals surface area contributed by atoms with Gasteiger partial charge in [0.1, 0.15) is 0 Å². The van der Waals surface area contributed by atoms with Crippen LogP contribution in [0.2, 0.25) is 0 Å². The van der Waals surface area contributed by atoms with Crippen molar-refractivity contribution in [3.05, 3.63) is 59.4 Å². The van der Waals surface area contributed by atoms with Crippen LogP contribution in [-0.2, 0) is 17.9 Å². The summed E-state index contributed by atoms with van der Waals surface area (Å²) in [6.07, 6.45) is 8.91. The SMILES string of the molecule is Cc1cccc(Cn2cccc2CN(C(=O)CC(C)C)C2CCCCC2)c1. The summed E-state index contributed by atoms with van der Waals surface area (Å²) in [6.45, 7) is 8.00. The van der Waals surface area contributed by atoms with Gasteiger partial charge in [-0.25, -0.2) is 0 Å². The van der Waals surface area contributed by atoms with Gasteiger partial charge in [0, 0.05) is 30.9 Å². The maximum atomic E-state index is 13.0. The molecule has 3 nitrogen and oxygen atoms in total. The summed E-state index contributed by atoms with van der Waals surface area (Å²) < 4.78 is 2.30. The van der Waals surface area contributed by atoms with Gasteiger partial charge in [0.15, 0.2) is 0 Å². The van der Waals surface area contributed by atoms with E-state index in [9.17, 15) is 4.79 Å². The first-order chi connectivity index (χ1) is 13.0. The molecule has 2 aromatic rings. The molecule has 1 fully saturated rings. The molecule has 3 heteroatoms. The standard InChI is InChI=1S/C24H34N2O/c1-19(2)15-24(27)26(22-11-5-4-6-12-22)18-23-13-8-14-25(23)17-21-10-7-9-20(3)16-21/h7-10,13-14,16,19,22H,4-6,11-12,15,17-18H2,1-3H3. The van der Waals surface area contributed by atoms with Crippen molar-refractivity contribution < 1.29 is 4.79 Å². The number of amides is 1. The van der Waals surface area contributed by atoms with E-state index in [0.717, 1.165) is 25.9 Å². The fourth-order valence-electron chi connectivity index (χ4n) is 4.21. The topological polar surface area (TPSA) is 25.2 Å². The van der Waals surface area contributed by atoms with Crippen molar-refractivity contribution in [1.29, 1.82) is 0 Å². The molecule has 0 spiro atoms. The molecule has 146 valence electrons. The minimum atomic E-state index is 0.320. The number of carbonyl (C=O) groups is 1. The van der Waals surface area contributed by atoms with Crippen LogP contribution in [0.1, 0.15) is 69.2 Å². The molecular weight excluding hydrogens is 332 g/mol. The maximum Gasteiger partial charge on any atom is 0.223 e. The lowest BCUT2D eigenvalue weighted by Crippen LogP contribution is -2.41. The first kappa shape index (κ1) is 19.7. The summed E-state index contributed by atoms with van der Waals surface area (Å²) in [6, 6.07) is 13.4. The Morgan fingerprint density at radius 1 is 1.15 bits per heavy atom. The van der Waals surface area contributed by atoms with Crippen molar-refractivity contribution in [3.8, 4) is 0 Å². The van der Waals surface area contributed by atoms with Crippen LogP contribution in [0.25, 0.3) is 0 Å². The molecule has 27 heavy (non-hydrogen) atoms. The molecule has 1 saturated carbocycles. The van der Waals surface area contributed by atoms with Crippen LogP contribution in [-0.4, -0.2) is 21.4 Å². The van der Waals surface area contributed by atoms with Crippen molar-refractivity contribution in [2.45, 2.75) is 78.4 Å². The summed E-state index contributed by atoms with van der Waals surface area (Å²) in [5, 5.41) is 0. The highest BCUT2D eigenvalue weighted by atomic mass is 16.2. The second kappa shape index (κ2) is 9.25. The quantitative estimate of drug-likeness (QED) is 0.630. The van der Waals surface area contributed by atoms with Gasteiger partial charge in [-0.3, -0.25) is 4.79 Å². The second-order valence-electron chi connectivity index (χ2n) is 8.53. The molecule has 1 heterocycles.